The zero-order chi connectivity index (χ0) is 14.5. The lowest BCUT2D eigenvalue weighted by molar-refractivity contribution is -0.131. The number of anilines is 1. The number of hydrogen-bond acceptors (Lipinski definition) is 2. The second-order valence-electron chi connectivity index (χ2n) is 5.13. The van der Waals surface area contributed by atoms with Gasteiger partial charge in [0.1, 0.15) is 0 Å². The lowest BCUT2D eigenvalue weighted by Crippen LogP contribution is -2.27. The molecule has 1 aromatic carbocycles. The fourth-order valence-corrected chi connectivity index (χ4v) is 2.61. The molecule has 0 aromatic heterocycles. The molecule has 1 saturated carbocycles. The van der Waals surface area contributed by atoms with Crippen LogP contribution in [0.3, 0.4) is 0 Å². The minimum absolute atomic E-state index is 0.554. The van der Waals surface area contributed by atoms with E-state index >= 15 is 0 Å². The summed E-state index contributed by atoms with van der Waals surface area (Å²) in [6.45, 7) is 3.14. The molecule has 0 spiro atoms. The van der Waals surface area contributed by atoms with Crippen molar-refractivity contribution in [3.63, 3.8) is 0 Å². The second-order valence-corrected chi connectivity index (χ2v) is 5.53. The van der Waals surface area contributed by atoms with Crippen LogP contribution in [0.25, 0.3) is 6.08 Å². The number of halogens is 1. The summed E-state index contributed by atoms with van der Waals surface area (Å²) < 4.78 is 0. The lowest BCUT2D eigenvalue weighted by atomic mass is 10.1. The van der Waals surface area contributed by atoms with E-state index < -0.39 is 5.97 Å². The van der Waals surface area contributed by atoms with Gasteiger partial charge in [-0.15, -0.1) is 0 Å². The molecule has 1 aliphatic rings. The fourth-order valence-electron chi connectivity index (χ4n) is 2.32. The SMILES string of the molecule is CCCCN(c1c(Cl)cccc1/C=C/C(=O)O)C1CC1. The van der Waals surface area contributed by atoms with Crippen LogP contribution in [-0.2, 0) is 4.79 Å². The zero-order valence-corrected chi connectivity index (χ0v) is 12.4. The number of aliphatic carboxylic acids is 1. The minimum Gasteiger partial charge on any atom is -0.478 e. The third kappa shape index (κ3) is 3.76. The van der Waals surface area contributed by atoms with Gasteiger partial charge in [0.05, 0.1) is 10.7 Å². The van der Waals surface area contributed by atoms with Crippen molar-refractivity contribution in [3.8, 4) is 0 Å². The highest BCUT2D eigenvalue weighted by Gasteiger charge is 2.30. The predicted molar refractivity (Wildman–Crippen MR) is 83.4 cm³/mol. The number of unbranched alkanes of at least 4 members (excludes halogenated alkanes) is 1. The Kier molecular flexibility index (Phi) is 5.07. The average Bonchev–Trinajstić information content (AvgIpc) is 3.23. The van der Waals surface area contributed by atoms with Crippen LogP contribution in [0, 0.1) is 0 Å². The van der Waals surface area contributed by atoms with Gasteiger partial charge in [0.15, 0.2) is 0 Å². The second kappa shape index (κ2) is 6.80. The van der Waals surface area contributed by atoms with Crippen LogP contribution >= 0.6 is 11.6 Å². The van der Waals surface area contributed by atoms with E-state index in [2.05, 4.69) is 11.8 Å². The number of hydrogen-bond donors (Lipinski definition) is 1. The van der Waals surface area contributed by atoms with Crippen molar-refractivity contribution in [2.45, 2.75) is 38.6 Å². The molecule has 0 radical (unpaired) electrons. The first kappa shape index (κ1) is 14.9. The Hall–Kier alpha value is -1.48. The van der Waals surface area contributed by atoms with Gasteiger partial charge in [-0.25, -0.2) is 4.79 Å². The molecule has 4 heteroatoms. The average molecular weight is 294 g/mol. The van der Waals surface area contributed by atoms with Gasteiger partial charge in [0, 0.05) is 18.7 Å². The Morgan fingerprint density at radius 2 is 2.25 bits per heavy atom. The van der Waals surface area contributed by atoms with Crippen molar-refractivity contribution in [1.29, 1.82) is 0 Å². The van der Waals surface area contributed by atoms with Crippen LogP contribution in [0.5, 0.6) is 0 Å². The van der Waals surface area contributed by atoms with Gasteiger partial charge in [-0.05, 0) is 37.0 Å². The van der Waals surface area contributed by atoms with Crippen LogP contribution in [-0.4, -0.2) is 23.7 Å². The quantitative estimate of drug-likeness (QED) is 0.766. The van der Waals surface area contributed by atoms with E-state index in [1.807, 2.05) is 18.2 Å². The summed E-state index contributed by atoms with van der Waals surface area (Å²) in [7, 11) is 0. The molecule has 1 aliphatic carbocycles. The van der Waals surface area contributed by atoms with Gasteiger partial charge >= 0.3 is 5.97 Å². The monoisotopic (exact) mass is 293 g/mol. The highest BCUT2D eigenvalue weighted by atomic mass is 35.5. The van der Waals surface area contributed by atoms with E-state index in [4.69, 9.17) is 16.7 Å². The topological polar surface area (TPSA) is 40.5 Å². The number of benzene rings is 1. The minimum atomic E-state index is -0.942. The van der Waals surface area contributed by atoms with Crippen molar-refractivity contribution >= 4 is 29.3 Å². The molecule has 0 saturated heterocycles. The van der Waals surface area contributed by atoms with Crippen LogP contribution in [0.4, 0.5) is 5.69 Å². The molecular weight excluding hydrogens is 274 g/mol. The first-order chi connectivity index (χ1) is 9.63. The van der Waals surface area contributed by atoms with Crippen LogP contribution < -0.4 is 4.90 Å². The zero-order valence-electron chi connectivity index (χ0n) is 11.7. The first-order valence-electron chi connectivity index (χ1n) is 7.09. The van der Waals surface area contributed by atoms with Gasteiger partial charge in [-0.1, -0.05) is 37.1 Å². The molecule has 0 heterocycles. The van der Waals surface area contributed by atoms with Gasteiger partial charge in [0.25, 0.3) is 0 Å². The lowest BCUT2D eigenvalue weighted by Gasteiger charge is -2.27. The summed E-state index contributed by atoms with van der Waals surface area (Å²) >= 11 is 6.37. The number of rotatable bonds is 7. The summed E-state index contributed by atoms with van der Waals surface area (Å²) in [4.78, 5) is 13.1. The molecule has 1 N–H and O–H groups in total. The first-order valence-corrected chi connectivity index (χ1v) is 7.47. The number of nitrogens with zero attached hydrogens (tertiary/aromatic N) is 1. The Labute approximate surface area is 124 Å². The number of para-hydroxylation sites is 1. The summed E-state index contributed by atoms with van der Waals surface area (Å²) in [5.74, 6) is -0.942. The molecule has 20 heavy (non-hydrogen) atoms. The summed E-state index contributed by atoms with van der Waals surface area (Å²) in [5.41, 5.74) is 1.85. The molecule has 1 fully saturated rings. The molecule has 108 valence electrons. The Balaban J connectivity index is 2.33. The van der Waals surface area contributed by atoms with Crippen molar-refractivity contribution in [1.82, 2.24) is 0 Å². The molecule has 0 aliphatic heterocycles. The molecule has 1 aromatic rings. The van der Waals surface area contributed by atoms with E-state index in [-0.39, 0.29) is 0 Å². The van der Waals surface area contributed by atoms with E-state index in [1.165, 1.54) is 18.9 Å². The Morgan fingerprint density at radius 3 is 2.85 bits per heavy atom. The van der Waals surface area contributed by atoms with Crippen LogP contribution in [0.15, 0.2) is 24.3 Å². The molecular formula is C16H20ClNO2. The molecule has 0 bridgehead atoms. The van der Waals surface area contributed by atoms with Crippen molar-refractivity contribution in [2.24, 2.45) is 0 Å². The van der Waals surface area contributed by atoms with E-state index in [0.29, 0.717) is 11.1 Å². The maximum absolute atomic E-state index is 10.7. The normalized spacial score (nSPS) is 14.7. The summed E-state index contributed by atoms with van der Waals surface area (Å²) in [6.07, 6.45) is 7.43. The highest BCUT2D eigenvalue weighted by molar-refractivity contribution is 6.33. The van der Waals surface area contributed by atoms with Crippen LogP contribution in [0.2, 0.25) is 5.02 Å². The van der Waals surface area contributed by atoms with Gasteiger partial charge in [-0.3, -0.25) is 0 Å². The fraction of sp³-hybridized carbons (Fsp3) is 0.438. The maximum atomic E-state index is 10.7. The number of carboxylic acids is 1. The van der Waals surface area contributed by atoms with E-state index in [0.717, 1.165) is 30.6 Å². The van der Waals surface area contributed by atoms with E-state index in [9.17, 15) is 4.79 Å². The number of carboxylic acid groups (broad SMARTS) is 1. The Morgan fingerprint density at radius 1 is 1.50 bits per heavy atom. The standard InChI is InChI=1S/C16H20ClNO2/c1-2-3-11-18(13-8-9-13)16-12(7-10-15(19)20)5-4-6-14(16)17/h4-7,10,13H,2-3,8-9,11H2,1H3,(H,19,20)/b10-7+. The van der Waals surface area contributed by atoms with Crippen molar-refractivity contribution in [3.05, 3.63) is 34.9 Å². The molecule has 0 amide bonds. The van der Waals surface area contributed by atoms with Gasteiger partial charge in [-0.2, -0.15) is 0 Å². The van der Waals surface area contributed by atoms with Crippen molar-refractivity contribution < 1.29 is 9.90 Å². The molecule has 0 unspecified atom stereocenters. The Bertz CT molecular complexity index is 509. The van der Waals surface area contributed by atoms with Gasteiger partial charge in [0.2, 0.25) is 0 Å². The maximum Gasteiger partial charge on any atom is 0.328 e. The van der Waals surface area contributed by atoms with Crippen molar-refractivity contribution in [2.75, 3.05) is 11.4 Å². The summed E-state index contributed by atoms with van der Waals surface area (Å²) in [6, 6.07) is 6.20. The third-order valence-electron chi connectivity index (χ3n) is 3.45. The highest BCUT2D eigenvalue weighted by Crippen LogP contribution is 2.38. The molecule has 0 atom stereocenters. The largest absolute Gasteiger partial charge is 0.478 e. The molecule has 2 rings (SSSR count). The molecule has 3 nitrogen and oxygen atoms in total. The number of carbonyl (C=O) groups is 1. The summed E-state index contributed by atoms with van der Waals surface area (Å²) in [5, 5.41) is 9.50. The smallest absolute Gasteiger partial charge is 0.328 e. The predicted octanol–water partition coefficient (Wildman–Crippen LogP) is 4.21. The van der Waals surface area contributed by atoms with E-state index in [1.54, 1.807) is 6.08 Å². The third-order valence-corrected chi connectivity index (χ3v) is 3.76. The van der Waals surface area contributed by atoms with Crippen LogP contribution in [0.1, 0.15) is 38.2 Å². The van der Waals surface area contributed by atoms with Gasteiger partial charge < -0.3 is 10.0 Å².